The minimum absolute atomic E-state index is 0.0204. The van der Waals surface area contributed by atoms with Crippen molar-refractivity contribution in [3.8, 4) is 5.75 Å². The molecule has 0 aliphatic rings. The van der Waals surface area contributed by atoms with Gasteiger partial charge in [-0.1, -0.05) is 51.2 Å². The number of hydrogen-bond donors (Lipinski definition) is 2. The Labute approximate surface area is 123 Å². The van der Waals surface area contributed by atoms with E-state index in [2.05, 4.69) is 6.92 Å². The molecule has 0 saturated carbocycles. The summed E-state index contributed by atoms with van der Waals surface area (Å²) < 4.78 is 5.15. The molecule has 3 heteroatoms. The summed E-state index contributed by atoms with van der Waals surface area (Å²) in [4.78, 5) is 0. The Hall–Kier alpha value is -1.06. The average molecular weight is 279 g/mol. The van der Waals surface area contributed by atoms with Gasteiger partial charge in [0.05, 0.1) is 13.2 Å². The molecular formula is C17H29NO2. The van der Waals surface area contributed by atoms with Crippen LogP contribution in [0, 0.1) is 0 Å². The molecule has 0 amide bonds. The van der Waals surface area contributed by atoms with Gasteiger partial charge in [0.1, 0.15) is 5.75 Å². The lowest BCUT2D eigenvalue weighted by Crippen LogP contribution is -2.25. The molecule has 0 radical (unpaired) electrons. The molecule has 0 aliphatic heterocycles. The standard InChI is InChI=1S/C17H29NO2/c1-3-4-5-6-7-8-17(19)16(13-18)14-9-11-15(20-2)12-10-14/h9-12,16-17,19H,3-8,13,18H2,1-2H3. The summed E-state index contributed by atoms with van der Waals surface area (Å²) in [5.41, 5.74) is 6.93. The maximum absolute atomic E-state index is 10.3. The second-order valence-corrected chi connectivity index (χ2v) is 5.39. The number of aliphatic hydroxyl groups is 1. The molecule has 0 saturated heterocycles. The van der Waals surface area contributed by atoms with E-state index in [0.29, 0.717) is 6.54 Å². The maximum Gasteiger partial charge on any atom is 0.118 e. The summed E-state index contributed by atoms with van der Waals surface area (Å²) >= 11 is 0. The predicted octanol–water partition coefficient (Wildman–Crippen LogP) is 3.46. The summed E-state index contributed by atoms with van der Waals surface area (Å²) in [5, 5.41) is 10.3. The minimum Gasteiger partial charge on any atom is -0.497 e. The number of rotatable bonds is 10. The number of methoxy groups -OCH3 is 1. The summed E-state index contributed by atoms with van der Waals surface area (Å²) in [6.45, 7) is 2.69. The van der Waals surface area contributed by atoms with E-state index in [1.807, 2.05) is 24.3 Å². The number of aliphatic hydroxyl groups excluding tert-OH is 1. The molecule has 1 aromatic carbocycles. The van der Waals surface area contributed by atoms with Gasteiger partial charge in [-0.2, -0.15) is 0 Å². The van der Waals surface area contributed by atoms with E-state index in [1.165, 1.54) is 25.7 Å². The second-order valence-electron chi connectivity index (χ2n) is 5.39. The highest BCUT2D eigenvalue weighted by Crippen LogP contribution is 2.24. The lowest BCUT2D eigenvalue weighted by molar-refractivity contribution is 0.132. The molecule has 0 heterocycles. The molecule has 114 valence electrons. The molecule has 1 aromatic rings. The molecule has 20 heavy (non-hydrogen) atoms. The van der Waals surface area contributed by atoms with Crippen LogP contribution in [0.4, 0.5) is 0 Å². The lowest BCUT2D eigenvalue weighted by atomic mass is 9.90. The van der Waals surface area contributed by atoms with Gasteiger partial charge in [0, 0.05) is 12.5 Å². The van der Waals surface area contributed by atoms with Crippen LogP contribution in [-0.4, -0.2) is 24.9 Å². The number of benzene rings is 1. The molecule has 3 N–H and O–H groups in total. The SMILES string of the molecule is CCCCCCCC(O)C(CN)c1ccc(OC)cc1. The fraction of sp³-hybridized carbons (Fsp3) is 0.647. The summed E-state index contributed by atoms with van der Waals surface area (Å²) in [5.74, 6) is 0.852. The molecular weight excluding hydrogens is 250 g/mol. The van der Waals surface area contributed by atoms with Crippen LogP contribution in [0.2, 0.25) is 0 Å². The van der Waals surface area contributed by atoms with E-state index in [4.69, 9.17) is 10.5 Å². The van der Waals surface area contributed by atoms with Crippen molar-refractivity contribution in [2.24, 2.45) is 5.73 Å². The van der Waals surface area contributed by atoms with E-state index in [9.17, 15) is 5.11 Å². The third-order valence-corrected chi connectivity index (χ3v) is 3.87. The van der Waals surface area contributed by atoms with Gasteiger partial charge in [0.25, 0.3) is 0 Å². The van der Waals surface area contributed by atoms with Crippen molar-refractivity contribution in [3.63, 3.8) is 0 Å². The smallest absolute Gasteiger partial charge is 0.118 e. The molecule has 0 fully saturated rings. The van der Waals surface area contributed by atoms with Gasteiger partial charge in [-0.25, -0.2) is 0 Å². The molecule has 0 bridgehead atoms. The zero-order valence-corrected chi connectivity index (χ0v) is 12.8. The van der Waals surface area contributed by atoms with E-state index in [1.54, 1.807) is 7.11 Å². The van der Waals surface area contributed by atoms with Gasteiger partial charge in [0.15, 0.2) is 0 Å². The van der Waals surface area contributed by atoms with E-state index < -0.39 is 0 Å². The minimum atomic E-state index is -0.352. The Balaban J connectivity index is 2.46. The third-order valence-electron chi connectivity index (χ3n) is 3.87. The molecule has 2 unspecified atom stereocenters. The average Bonchev–Trinajstić information content (AvgIpc) is 2.48. The van der Waals surface area contributed by atoms with E-state index >= 15 is 0 Å². The largest absolute Gasteiger partial charge is 0.497 e. The summed E-state index contributed by atoms with van der Waals surface area (Å²) in [6.07, 6.45) is 6.55. The van der Waals surface area contributed by atoms with Gasteiger partial charge in [-0.3, -0.25) is 0 Å². The Morgan fingerprint density at radius 3 is 2.30 bits per heavy atom. The highest BCUT2D eigenvalue weighted by atomic mass is 16.5. The zero-order chi connectivity index (χ0) is 14.8. The molecule has 0 aliphatic carbocycles. The van der Waals surface area contributed by atoms with Crippen LogP contribution in [0.15, 0.2) is 24.3 Å². The summed E-state index contributed by atoms with van der Waals surface area (Å²) in [6, 6.07) is 7.84. The molecule has 0 spiro atoms. The van der Waals surface area contributed by atoms with E-state index in [0.717, 1.165) is 24.2 Å². The highest BCUT2D eigenvalue weighted by molar-refractivity contribution is 5.30. The first-order valence-corrected chi connectivity index (χ1v) is 7.75. The van der Waals surface area contributed by atoms with E-state index in [-0.39, 0.29) is 12.0 Å². The monoisotopic (exact) mass is 279 g/mol. The molecule has 2 atom stereocenters. The molecule has 3 nitrogen and oxygen atoms in total. The first-order chi connectivity index (χ1) is 9.72. The van der Waals surface area contributed by atoms with Crippen LogP contribution in [0.5, 0.6) is 5.75 Å². The first-order valence-electron chi connectivity index (χ1n) is 7.75. The topological polar surface area (TPSA) is 55.5 Å². The highest BCUT2D eigenvalue weighted by Gasteiger charge is 2.19. The van der Waals surface area contributed by atoms with Gasteiger partial charge in [-0.15, -0.1) is 0 Å². The fourth-order valence-electron chi connectivity index (χ4n) is 2.52. The van der Waals surface area contributed by atoms with Crippen LogP contribution in [-0.2, 0) is 0 Å². The van der Waals surface area contributed by atoms with Crippen molar-refractivity contribution in [2.45, 2.75) is 57.5 Å². The van der Waals surface area contributed by atoms with Gasteiger partial charge in [-0.05, 0) is 24.1 Å². The number of nitrogens with two attached hydrogens (primary N) is 1. The maximum atomic E-state index is 10.3. The van der Waals surface area contributed by atoms with Crippen molar-refractivity contribution in [1.82, 2.24) is 0 Å². The van der Waals surface area contributed by atoms with Crippen LogP contribution < -0.4 is 10.5 Å². The Kier molecular flexibility index (Phi) is 8.31. The van der Waals surface area contributed by atoms with Crippen molar-refractivity contribution >= 4 is 0 Å². The van der Waals surface area contributed by atoms with Gasteiger partial charge >= 0.3 is 0 Å². The fourth-order valence-corrected chi connectivity index (χ4v) is 2.52. The zero-order valence-electron chi connectivity index (χ0n) is 12.8. The Morgan fingerprint density at radius 1 is 1.10 bits per heavy atom. The van der Waals surface area contributed by atoms with Crippen LogP contribution in [0.1, 0.15) is 56.9 Å². The van der Waals surface area contributed by atoms with Crippen LogP contribution in [0.3, 0.4) is 0 Å². The van der Waals surface area contributed by atoms with Crippen LogP contribution in [0.25, 0.3) is 0 Å². The quantitative estimate of drug-likeness (QED) is 0.645. The first kappa shape index (κ1) is 17.0. The molecule has 1 rings (SSSR count). The van der Waals surface area contributed by atoms with Gasteiger partial charge in [0.2, 0.25) is 0 Å². The van der Waals surface area contributed by atoms with Crippen molar-refractivity contribution in [1.29, 1.82) is 0 Å². The Morgan fingerprint density at radius 2 is 1.75 bits per heavy atom. The second kappa shape index (κ2) is 9.78. The lowest BCUT2D eigenvalue weighted by Gasteiger charge is -2.22. The Bertz CT molecular complexity index is 351. The van der Waals surface area contributed by atoms with Crippen molar-refractivity contribution in [3.05, 3.63) is 29.8 Å². The summed E-state index contributed by atoms with van der Waals surface area (Å²) in [7, 11) is 1.65. The van der Waals surface area contributed by atoms with Crippen molar-refractivity contribution < 1.29 is 9.84 Å². The third kappa shape index (κ3) is 5.51. The number of ether oxygens (including phenoxy) is 1. The van der Waals surface area contributed by atoms with Crippen molar-refractivity contribution in [2.75, 3.05) is 13.7 Å². The predicted molar refractivity (Wildman–Crippen MR) is 84.2 cm³/mol. The number of hydrogen-bond acceptors (Lipinski definition) is 3. The van der Waals surface area contributed by atoms with Crippen LogP contribution >= 0.6 is 0 Å². The van der Waals surface area contributed by atoms with Gasteiger partial charge < -0.3 is 15.6 Å². The molecule has 0 aromatic heterocycles. The number of unbranched alkanes of at least 4 members (excludes halogenated alkanes) is 4. The normalized spacial score (nSPS) is 14.0.